The van der Waals surface area contributed by atoms with Crippen molar-refractivity contribution in [2.24, 2.45) is 0 Å². The van der Waals surface area contributed by atoms with Gasteiger partial charge in [0.25, 0.3) is 5.56 Å². The fraction of sp³-hybridized carbons (Fsp3) is 0.261. The topological polar surface area (TPSA) is 86.6 Å². The van der Waals surface area contributed by atoms with E-state index in [9.17, 15) is 14.4 Å². The van der Waals surface area contributed by atoms with Gasteiger partial charge in [-0.3, -0.25) is 9.59 Å². The number of nitrogens with zero attached hydrogens (tertiary/aromatic N) is 1. The lowest BCUT2D eigenvalue weighted by Crippen LogP contribution is -2.27. The lowest BCUT2D eigenvalue weighted by Gasteiger charge is -2.13. The summed E-state index contributed by atoms with van der Waals surface area (Å²) in [7, 11) is 0. The molecule has 0 atom stereocenters. The SMILES string of the molecule is CCOC(=O)COc1cccc2c(=O)n(CC(=O)Nc3cccc(C)c3C)ccc12. The van der Waals surface area contributed by atoms with Crippen molar-refractivity contribution in [1.29, 1.82) is 0 Å². The minimum atomic E-state index is -0.481. The van der Waals surface area contributed by atoms with Crippen molar-refractivity contribution in [3.05, 3.63) is 70.1 Å². The molecule has 0 saturated carbocycles. The van der Waals surface area contributed by atoms with E-state index in [-0.39, 0.29) is 31.2 Å². The predicted octanol–water partition coefficient (Wildman–Crippen LogP) is 3.20. The van der Waals surface area contributed by atoms with Crippen LogP contribution in [0.5, 0.6) is 5.75 Å². The molecule has 7 nitrogen and oxygen atoms in total. The highest BCUT2D eigenvalue weighted by Gasteiger charge is 2.12. The highest BCUT2D eigenvalue weighted by Crippen LogP contribution is 2.23. The quantitative estimate of drug-likeness (QED) is 0.607. The summed E-state index contributed by atoms with van der Waals surface area (Å²) in [4.78, 5) is 36.9. The van der Waals surface area contributed by atoms with Crippen molar-refractivity contribution in [3.8, 4) is 5.75 Å². The molecular formula is C23H24N2O5. The summed E-state index contributed by atoms with van der Waals surface area (Å²) in [6, 6.07) is 12.4. The summed E-state index contributed by atoms with van der Waals surface area (Å²) in [6.07, 6.45) is 1.55. The lowest BCUT2D eigenvalue weighted by atomic mass is 10.1. The molecule has 7 heteroatoms. The number of rotatable bonds is 7. The third kappa shape index (κ3) is 4.68. The number of aromatic nitrogens is 1. The average Bonchev–Trinajstić information content (AvgIpc) is 2.72. The Morgan fingerprint density at radius 3 is 2.57 bits per heavy atom. The Kier molecular flexibility index (Phi) is 6.51. The first-order chi connectivity index (χ1) is 14.4. The van der Waals surface area contributed by atoms with E-state index in [0.29, 0.717) is 16.5 Å². The van der Waals surface area contributed by atoms with Crippen LogP contribution in [0.3, 0.4) is 0 Å². The van der Waals surface area contributed by atoms with E-state index >= 15 is 0 Å². The Balaban J connectivity index is 1.80. The molecule has 2 aromatic carbocycles. The number of pyridine rings is 1. The van der Waals surface area contributed by atoms with Crippen LogP contribution in [0.2, 0.25) is 0 Å². The van der Waals surface area contributed by atoms with E-state index in [0.717, 1.165) is 16.8 Å². The van der Waals surface area contributed by atoms with Crippen LogP contribution in [0.4, 0.5) is 5.69 Å². The minimum absolute atomic E-state index is 0.115. The number of hydrogen-bond acceptors (Lipinski definition) is 5. The number of hydrogen-bond donors (Lipinski definition) is 1. The number of nitrogens with one attached hydrogen (secondary N) is 1. The third-order valence-electron chi connectivity index (χ3n) is 4.82. The number of fused-ring (bicyclic) bond motifs is 1. The fourth-order valence-corrected chi connectivity index (χ4v) is 3.11. The second kappa shape index (κ2) is 9.26. The van der Waals surface area contributed by atoms with Gasteiger partial charge in [0.05, 0.1) is 12.0 Å². The zero-order valence-electron chi connectivity index (χ0n) is 17.2. The maximum Gasteiger partial charge on any atom is 0.344 e. The minimum Gasteiger partial charge on any atom is -0.481 e. The van der Waals surface area contributed by atoms with E-state index in [1.165, 1.54) is 4.57 Å². The van der Waals surface area contributed by atoms with Gasteiger partial charge in [0.1, 0.15) is 12.3 Å². The molecule has 0 fully saturated rings. The van der Waals surface area contributed by atoms with Gasteiger partial charge in [-0.05, 0) is 56.2 Å². The van der Waals surface area contributed by atoms with Gasteiger partial charge in [0.15, 0.2) is 6.61 Å². The van der Waals surface area contributed by atoms with Crippen LogP contribution >= 0.6 is 0 Å². The number of benzene rings is 2. The second-order valence-electron chi connectivity index (χ2n) is 6.86. The molecule has 0 saturated heterocycles. The van der Waals surface area contributed by atoms with Gasteiger partial charge in [-0.25, -0.2) is 4.79 Å². The molecule has 156 valence electrons. The highest BCUT2D eigenvalue weighted by atomic mass is 16.6. The molecule has 0 aliphatic rings. The van der Waals surface area contributed by atoms with Crippen molar-refractivity contribution < 1.29 is 19.1 Å². The summed E-state index contributed by atoms with van der Waals surface area (Å²) >= 11 is 0. The molecular weight excluding hydrogens is 384 g/mol. The third-order valence-corrected chi connectivity index (χ3v) is 4.82. The van der Waals surface area contributed by atoms with Crippen LogP contribution in [0, 0.1) is 13.8 Å². The molecule has 0 unspecified atom stereocenters. The Hall–Kier alpha value is -3.61. The summed E-state index contributed by atoms with van der Waals surface area (Å²) in [6.45, 7) is 5.54. The van der Waals surface area contributed by atoms with Crippen LogP contribution in [0.1, 0.15) is 18.1 Å². The normalized spacial score (nSPS) is 10.6. The standard InChI is InChI=1S/C23H24N2O5/c1-4-29-22(27)14-30-20-10-6-8-18-17(20)11-12-25(23(18)28)13-21(26)24-19-9-5-7-15(2)16(19)3/h5-12H,4,13-14H2,1-3H3,(H,24,26). The molecule has 1 amide bonds. The second-order valence-corrected chi connectivity index (χ2v) is 6.86. The van der Waals surface area contributed by atoms with E-state index in [2.05, 4.69) is 5.32 Å². The first-order valence-corrected chi connectivity index (χ1v) is 9.67. The number of esters is 1. The van der Waals surface area contributed by atoms with Crippen molar-refractivity contribution in [2.45, 2.75) is 27.3 Å². The summed E-state index contributed by atoms with van der Waals surface area (Å²) in [5.41, 5.74) is 2.47. The highest BCUT2D eigenvalue weighted by molar-refractivity contribution is 5.92. The largest absolute Gasteiger partial charge is 0.481 e. The summed E-state index contributed by atoms with van der Waals surface area (Å²) < 4.78 is 11.7. The van der Waals surface area contributed by atoms with E-state index in [4.69, 9.17) is 9.47 Å². The first kappa shape index (κ1) is 21.1. The van der Waals surface area contributed by atoms with Crippen molar-refractivity contribution in [2.75, 3.05) is 18.5 Å². The Morgan fingerprint density at radius 1 is 1.03 bits per heavy atom. The number of ether oxygens (including phenoxy) is 2. The van der Waals surface area contributed by atoms with E-state index in [1.807, 2.05) is 32.0 Å². The summed E-state index contributed by atoms with van der Waals surface area (Å²) in [5, 5.41) is 3.83. The Labute approximate surface area is 174 Å². The van der Waals surface area contributed by atoms with Gasteiger partial charge in [-0.1, -0.05) is 18.2 Å². The molecule has 0 radical (unpaired) electrons. The molecule has 0 spiro atoms. The van der Waals surface area contributed by atoms with Crippen LogP contribution < -0.4 is 15.6 Å². The Morgan fingerprint density at radius 2 is 1.80 bits per heavy atom. The zero-order valence-corrected chi connectivity index (χ0v) is 17.2. The fourth-order valence-electron chi connectivity index (χ4n) is 3.11. The van der Waals surface area contributed by atoms with Gasteiger partial charge in [-0.2, -0.15) is 0 Å². The Bertz CT molecular complexity index is 1150. The van der Waals surface area contributed by atoms with Gasteiger partial charge >= 0.3 is 5.97 Å². The molecule has 0 bridgehead atoms. The maximum absolute atomic E-state index is 12.9. The molecule has 1 heterocycles. The molecule has 1 N–H and O–H groups in total. The summed E-state index contributed by atoms with van der Waals surface area (Å²) in [5.74, 6) is -0.365. The number of carbonyl (C=O) groups excluding carboxylic acids is 2. The predicted molar refractivity (Wildman–Crippen MR) is 115 cm³/mol. The van der Waals surface area contributed by atoms with Crippen LogP contribution in [0.15, 0.2) is 53.5 Å². The van der Waals surface area contributed by atoms with Crippen LogP contribution in [-0.4, -0.2) is 29.7 Å². The van der Waals surface area contributed by atoms with Crippen molar-refractivity contribution in [1.82, 2.24) is 4.57 Å². The van der Waals surface area contributed by atoms with Gasteiger partial charge in [0, 0.05) is 17.3 Å². The number of amides is 1. The van der Waals surface area contributed by atoms with Crippen LogP contribution in [0.25, 0.3) is 10.8 Å². The van der Waals surface area contributed by atoms with Crippen LogP contribution in [-0.2, 0) is 20.9 Å². The molecule has 0 aliphatic heterocycles. The van der Waals surface area contributed by atoms with Gasteiger partial charge in [-0.15, -0.1) is 0 Å². The van der Waals surface area contributed by atoms with Crippen molar-refractivity contribution >= 4 is 28.3 Å². The molecule has 1 aromatic heterocycles. The molecule has 3 aromatic rings. The van der Waals surface area contributed by atoms with Crippen molar-refractivity contribution in [3.63, 3.8) is 0 Å². The van der Waals surface area contributed by atoms with Gasteiger partial charge < -0.3 is 19.4 Å². The zero-order chi connectivity index (χ0) is 21.7. The number of carbonyl (C=O) groups is 2. The first-order valence-electron chi connectivity index (χ1n) is 9.67. The number of anilines is 1. The van der Waals surface area contributed by atoms with E-state index in [1.54, 1.807) is 37.4 Å². The average molecular weight is 408 g/mol. The lowest BCUT2D eigenvalue weighted by molar-refractivity contribution is -0.145. The molecule has 3 rings (SSSR count). The van der Waals surface area contributed by atoms with E-state index < -0.39 is 5.97 Å². The van der Waals surface area contributed by atoms with Gasteiger partial charge in [0.2, 0.25) is 5.91 Å². The smallest absolute Gasteiger partial charge is 0.344 e. The monoisotopic (exact) mass is 408 g/mol. The number of aryl methyl sites for hydroxylation is 1. The maximum atomic E-state index is 12.9. The molecule has 30 heavy (non-hydrogen) atoms. The molecule has 0 aliphatic carbocycles.